The zero-order valence-corrected chi connectivity index (χ0v) is 19.8. The topological polar surface area (TPSA) is 80.8 Å². The van der Waals surface area contributed by atoms with E-state index in [1.54, 1.807) is 14.2 Å². The molecular weight excluding hydrogens is 438 g/mol. The Hall–Kier alpha value is -3.39. The first-order valence-electron chi connectivity index (χ1n) is 10.8. The minimum Gasteiger partial charge on any atom is -0.497 e. The number of piperidine rings is 1. The maximum absolute atomic E-state index is 13.3. The van der Waals surface area contributed by atoms with Crippen LogP contribution in [0.1, 0.15) is 29.6 Å². The van der Waals surface area contributed by atoms with Crippen molar-refractivity contribution in [1.82, 2.24) is 15.2 Å². The van der Waals surface area contributed by atoms with E-state index in [4.69, 9.17) is 14.5 Å². The van der Waals surface area contributed by atoms with Crippen LogP contribution in [0.5, 0.6) is 11.5 Å². The highest BCUT2D eigenvalue weighted by atomic mass is 32.1. The summed E-state index contributed by atoms with van der Waals surface area (Å²) in [4.78, 5) is 32.2. The van der Waals surface area contributed by atoms with Crippen LogP contribution < -0.4 is 14.8 Å². The van der Waals surface area contributed by atoms with Gasteiger partial charge in [-0.25, -0.2) is 4.98 Å². The van der Waals surface area contributed by atoms with Gasteiger partial charge >= 0.3 is 0 Å². The van der Waals surface area contributed by atoms with Crippen molar-refractivity contribution in [2.45, 2.75) is 25.8 Å². The summed E-state index contributed by atoms with van der Waals surface area (Å²) in [5.74, 6) is 1.43. The first-order valence-corrected chi connectivity index (χ1v) is 11.7. The predicted molar refractivity (Wildman–Crippen MR) is 129 cm³/mol. The van der Waals surface area contributed by atoms with E-state index in [-0.39, 0.29) is 17.9 Å². The maximum atomic E-state index is 13.3. The number of rotatable bonds is 6. The molecule has 0 unspecified atom stereocenters. The van der Waals surface area contributed by atoms with Crippen LogP contribution in [0.25, 0.3) is 21.7 Å². The second-order valence-electron chi connectivity index (χ2n) is 7.92. The fourth-order valence-corrected chi connectivity index (χ4v) is 5.00. The third-order valence-corrected chi connectivity index (χ3v) is 6.81. The van der Waals surface area contributed by atoms with Crippen molar-refractivity contribution in [1.29, 1.82) is 0 Å². The average Bonchev–Trinajstić information content (AvgIpc) is 3.29. The average molecular weight is 466 g/mol. The Labute approximate surface area is 197 Å². The SMILES string of the molecule is COc1ccc(-c2nc(C(=O)N3CCC(NC(C)=O)CC3)sc2-c2ccc(OC)cc2)cc1. The standard InChI is InChI=1S/C25H27N3O4S/c1-16(29)26-19-12-14-28(15-13-19)25(30)24-27-22(17-4-8-20(31-2)9-5-17)23(33-24)18-6-10-21(32-3)11-7-18/h4-11,19H,12-15H2,1-3H3,(H,26,29). The molecule has 2 amide bonds. The van der Waals surface area contributed by atoms with Crippen LogP contribution in [-0.2, 0) is 4.79 Å². The lowest BCUT2D eigenvalue weighted by Gasteiger charge is -2.31. The Morgan fingerprint density at radius 2 is 1.48 bits per heavy atom. The number of aromatic nitrogens is 1. The van der Waals surface area contributed by atoms with Crippen molar-refractivity contribution in [2.24, 2.45) is 0 Å². The maximum Gasteiger partial charge on any atom is 0.282 e. The summed E-state index contributed by atoms with van der Waals surface area (Å²) in [6.45, 7) is 2.71. The highest BCUT2D eigenvalue weighted by Gasteiger charge is 2.27. The third-order valence-electron chi connectivity index (χ3n) is 5.72. The number of amides is 2. The molecule has 1 N–H and O–H groups in total. The van der Waals surface area contributed by atoms with Crippen LogP contribution in [0.15, 0.2) is 48.5 Å². The number of carbonyl (C=O) groups excluding carboxylic acids is 2. The Balaban J connectivity index is 1.64. The number of methoxy groups -OCH3 is 2. The van der Waals surface area contributed by atoms with E-state index >= 15 is 0 Å². The van der Waals surface area contributed by atoms with Gasteiger partial charge in [-0.05, 0) is 66.9 Å². The van der Waals surface area contributed by atoms with Gasteiger partial charge in [0.1, 0.15) is 11.5 Å². The molecule has 172 valence electrons. The molecule has 1 saturated heterocycles. The van der Waals surface area contributed by atoms with E-state index in [1.807, 2.05) is 53.4 Å². The quantitative estimate of drug-likeness (QED) is 0.589. The summed E-state index contributed by atoms with van der Waals surface area (Å²) in [6.07, 6.45) is 1.49. The summed E-state index contributed by atoms with van der Waals surface area (Å²) >= 11 is 1.40. The fraction of sp³-hybridized carbons (Fsp3) is 0.320. The fourth-order valence-electron chi connectivity index (χ4n) is 3.94. The molecule has 8 heteroatoms. The van der Waals surface area contributed by atoms with Crippen molar-refractivity contribution in [3.63, 3.8) is 0 Å². The second kappa shape index (κ2) is 10.0. The normalized spacial score (nSPS) is 14.1. The molecule has 0 aliphatic carbocycles. The molecule has 1 fully saturated rings. The molecule has 2 aromatic carbocycles. The predicted octanol–water partition coefficient (Wildman–Crippen LogP) is 4.24. The van der Waals surface area contributed by atoms with E-state index in [0.29, 0.717) is 18.1 Å². The van der Waals surface area contributed by atoms with Gasteiger partial charge in [0.05, 0.1) is 24.8 Å². The third kappa shape index (κ3) is 5.17. The minimum absolute atomic E-state index is 0.0343. The number of carbonyl (C=O) groups is 2. The van der Waals surface area contributed by atoms with E-state index in [9.17, 15) is 9.59 Å². The highest BCUT2D eigenvalue weighted by Crippen LogP contribution is 2.38. The van der Waals surface area contributed by atoms with Crippen molar-refractivity contribution in [2.75, 3.05) is 27.3 Å². The Bertz CT molecular complexity index is 1050. The largest absolute Gasteiger partial charge is 0.497 e. The van der Waals surface area contributed by atoms with Crippen LogP contribution in [0.2, 0.25) is 0 Å². The van der Waals surface area contributed by atoms with Crippen LogP contribution in [0, 0.1) is 0 Å². The monoisotopic (exact) mass is 465 g/mol. The molecule has 0 radical (unpaired) electrons. The van der Waals surface area contributed by atoms with E-state index in [2.05, 4.69) is 5.32 Å². The molecule has 1 aliphatic rings. The summed E-state index contributed by atoms with van der Waals surface area (Å²) in [5, 5.41) is 3.41. The van der Waals surface area contributed by atoms with Crippen LogP contribution in [0.3, 0.4) is 0 Å². The van der Waals surface area contributed by atoms with Gasteiger partial charge in [-0.15, -0.1) is 11.3 Å². The van der Waals surface area contributed by atoms with Gasteiger partial charge in [0.2, 0.25) is 5.91 Å². The first kappa shape index (κ1) is 22.8. The number of thiazole rings is 1. The molecule has 1 aromatic heterocycles. The van der Waals surface area contributed by atoms with E-state index < -0.39 is 0 Å². The van der Waals surface area contributed by atoms with E-state index in [0.717, 1.165) is 46.0 Å². The number of nitrogens with zero attached hydrogens (tertiary/aromatic N) is 2. The lowest BCUT2D eigenvalue weighted by Crippen LogP contribution is -2.46. The Kier molecular flexibility index (Phi) is 6.93. The molecule has 7 nitrogen and oxygen atoms in total. The van der Waals surface area contributed by atoms with Gasteiger partial charge in [0.15, 0.2) is 5.01 Å². The van der Waals surface area contributed by atoms with Gasteiger partial charge in [-0.3, -0.25) is 9.59 Å². The zero-order chi connectivity index (χ0) is 23.4. The molecule has 0 atom stereocenters. The smallest absolute Gasteiger partial charge is 0.282 e. The molecule has 1 aliphatic heterocycles. The van der Waals surface area contributed by atoms with Gasteiger partial charge < -0.3 is 19.7 Å². The number of hydrogen-bond acceptors (Lipinski definition) is 6. The lowest BCUT2D eigenvalue weighted by molar-refractivity contribution is -0.119. The zero-order valence-electron chi connectivity index (χ0n) is 19.0. The van der Waals surface area contributed by atoms with Gasteiger partial charge in [-0.1, -0.05) is 0 Å². The van der Waals surface area contributed by atoms with Crippen molar-refractivity contribution in [3.05, 3.63) is 53.5 Å². The number of hydrogen-bond donors (Lipinski definition) is 1. The van der Waals surface area contributed by atoms with Gasteiger partial charge in [0.25, 0.3) is 5.91 Å². The van der Waals surface area contributed by atoms with Crippen LogP contribution in [-0.4, -0.2) is 55.0 Å². The van der Waals surface area contributed by atoms with Crippen molar-refractivity contribution in [3.8, 4) is 33.2 Å². The second-order valence-corrected chi connectivity index (χ2v) is 8.92. The molecule has 33 heavy (non-hydrogen) atoms. The molecule has 0 spiro atoms. The van der Waals surface area contributed by atoms with Crippen LogP contribution in [0.4, 0.5) is 0 Å². The van der Waals surface area contributed by atoms with Crippen molar-refractivity contribution < 1.29 is 19.1 Å². The van der Waals surface area contributed by atoms with Gasteiger partial charge in [-0.2, -0.15) is 0 Å². The summed E-state index contributed by atoms with van der Waals surface area (Å²) in [5.41, 5.74) is 2.66. The first-order chi connectivity index (χ1) is 16.0. The number of nitrogens with one attached hydrogen (secondary N) is 1. The van der Waals surface area contributed by atoms with Gasteiger partial charge in [0, 0.05) is 31.6 Å². The van der Waals surface area contributed by atoms with E-state index in [1.165, 1.54) is 18.3 Å². The number of ether oxygens (including phenoxy) is 2. The summed E-state index contributed by atoms with van der Waals surface area (Å²) in [6, 6.07) is 15.6. The molecule has 3 aromatic rings. The minimum atomic E-state index is -0.0733. The Morgan fingerprint density at radius 1 is 0.939 bits per heavy atom. The lowest BCUT2D eigenvalue weighted by atomic mass is 10.0. The summed E-state index contributed by atoms with van der Waals surface area (Å²) in [7, 11) is 3.27. The molecule has 0 bridgehead atoms. The van der Waals surface area contributed by atoms with Crippen LogP contribution >= 0.6 is 11.3 Å². The summed E-state index contributed by atoms with van der Waals surface area (Å²) < 4.78 is 10.6. The molecule has 0 saturated carbocycles. The highest BCUT2D eigenvalue weighted by molar-refractivity contribution is 7.17. The van der Waals surface area contributed by atoms with Crippen molar-refractivity contribution >= 4 is 23.2 Å². The number of benzene rings is 2. The molecular formula is C25H27N3O4S. The Morgan fingerprint density at radius 3 is 2.00 bits per heavy atom. The molecule has 4 rings (SSSR count). The molecule has 2 heterocycles. The number of likely N-dealkylation sites (tertiary alicyclic amines) is 1.